The number of aromatic nitrogens is 2. The molecule has 2 heteroatoms. The number of rotatable bonds is 7. The second-order valence-electron chi connectivity index (χ2n) is 14.1. The van der Waals surface area contributed by atoms with Crippen molar-refractivity contribution in [3.05, 3.63) is 46.9 Å². The van der Waals surface area contributed by atoms with Crippen LogP contribution in [0.15, 0.2) is 24.5 Å². The lowest BCUT2D eigenvalue weighted by molar-refractivity contribution is 0.404. The van der Waals surface area contributed by atoms with Crippen LogP contribution in [0.1, 0.15) is 118 Å². The van der Waals surface area contributed by atoms with E-state index in [0.29, 0.717) is 11.8 Å². The summed E-state index contributed by atoms with van der Waals surface area (Å²) >= 11 is 0. The molecular formula is C31H50N2. The van der Waals surface area contributed by atoms with Gasteiger partial charge in [0.05, 0.1) is 5.69 Å². The van der Waals surface area contributed by atoms with E-state index in [9.17, 15) is 0 Å². The van der Waals surface area contributed by atoms with Crippen LogP contribution in [0, 0.1) is 22.2 Å². The number of nitrogens with zero attached hydrogens (tertiary/aromatic N) is 2. The third-order valence-corrected chi connectivity index (χ3v) is 6.09. The van der Waals surface area contributed by atoms with E-state index >= 15 is 0 Å². The molecule has 0 fully saturated rings. The van der Waals surface area contributed by atoms with Gasteiger partial charge in [-0.15, -0.1) is 0 Å². The van der Waals surface area contributed by atoms with Gasteiger partial charge in [0.25, 0.3) is 0 Å². The minimum absolute atomic E-state index is 0.187. The van der Waals surface area contributed by atoms with Crippen molar-refractivity contribution in [3.8, 4) is 11.3 Å². The Morgan fingerprint density at radius 1 is 0.727 bits per heavy atom. The molecule has 0 spiro atoms. The first-order valence-electron chi connectivity index (χ1n) is 13.0. The maximum absolute atomic E-state index is 5.32. The zero-order chi connectivity index (χ0) is 25.2. The molecule has 33 heavy (non-hydrogen) atoms. The van der Waals surface area contributed by atoms with Gasteiger partial charge >= 0.3 is 0 Å². The summed E-state index contributed by atoms with van der Waals surface area (Å²) in [6, 6.07) is 4.78. The molecule has 0 saturated heterocycles. The number of hydrogen-bond acceptors (Lipinski definition) is 2. The highest BCUT2D eigenvalue weighted by molar-refractivity contribution is 5.68. The minimum Gasteiger partial charge on any atom is -0.264 e. The Kier molecular flexibility index (Phi) is 8.58. The summed E-state index contributed by atoms with van der Waals surface area (Å²) in [6.07, 6.45) is 8.30. The zero-order valence-corrected chi connectivity index (χ0v) is 23.7. The van der Waals surface area contributed by atoms with E-state index in [-0.39, 0.29) is 16.2 Å². The van der Waals surface area contributed by atoms with Crippen LogP contribution in [0.2, 0.25) is 0 Å². The van der Waals surface area contributed by atoms with Crippen molar-refractivity contribution in [1.29, 1.82) is 0 Å². The molecule has 2 heterocycles. The molecule has 0 saturated carbocycles. The van der Waals surface area contributed by atoms with Gasteiger partial charge in [0.15, 0.2) is 0 Å². The van der Waals surface area contributed by atoms with Gasteiger partial charge in [-0.05, 0) is 82.6 Å². The van der Waals surface area contributed by atoms with Gasteiger partial charge in [0.1, 0.15) is 0 Å². The first kappa shape index (κ1) is 27.5. The fraction of sp³-hybridized carbons (Fsp3) is 0.677. The van der Waals surface area contributed by atoms with Crippen LogP contribution >= 0.6 is 0 Å². The largest absolute Gasteiger partial charge is 0.264 e. The molecule has 2 nitrogen and oxygen atoms in total. The molecule has 0 aliphatic heterocycles. The van der Waals surface area contributed by atoms with Crippen molar-refractivity contribution in [3.63, 3.8) is 0 Å². The lowest BCUT2D eigenvalue weighted by Crippen LogP contribution is -2.16. The van der Waals surface area contributed by atoms with Gasteiger partial charge in [0, 0.05) is 23.7 Å². The Balaban J connectivity index is 2.82. The first-order valence-corrected chi connectivity index (χ1v) is 13.0. The highest BCUT2D eigenvalue weighted by Gasteiger charge is 2.24. The second kappa shape index (κ2) is 10.3. The van der Waals surface area contributed by atoms with E-state index in [2.05, 4.69) is 108 Å². The van der Waals surface area contributed by atoms with Crippen molar-refractivity contribution in [2.75, 3.05) is 0 Å². The molecule has 2 aromatic heterocycles. The van der Waals surface area contributed by atoms with Crippen molar-refractivity contribution in [2.24, 2.45) is 22.2 Å². The van der Waals surface area contributed by atoms with Crippen LogP contribution < -0.4 is 0 Å². The molecule has 2 aromatic rings. The van der Waals surface area contributed by atoms with Crippen molar-refractivity contribution >= 4 is 0 Å². The zero-order valence-electron chi connectivity index (χ0n) is 23.7. The van der Waals surface area contributed by atoms with Crippen molar-refractivity contribution < 1.29 is 0 Å². The van der Waals surface area contributed by atoms with Crippen molar-refractivity contribution in [1.82, 2.24) is 9.97 Å². The average Bonchev–Trinajstić information content (AvgIpc) is 2.57. The maximum Gasteiger partial charge on any atom is 0.0714 e. The van der Waals surface area contributed by atoms with E-state index in [1.807, 2.05) is 0 Å². The Morgan fingerprint density at radius 3 is 1.61 bits per heavy atom. The van der Waals surface area contributed by atoms with Crippen LogP contribution in [0.4, 0.5) is 0 Å². The van der Waals surface area contributed by atoms with E-state index in [1.165, 1.54) is 27.9 Å². The molecular weight excluding hydrogens is 400 g/mol. The average molecular weight is 451 g/mol. The highest BCUT2D eigenvalue weighted by atomic mass is 14.7. The van der Waals surface area contributed by atoms with Crippen LogP contribution in [0.25, 0.3) is 11.3 Å². The number of hydrogen-bond donors (Lipinski definition) is 0. The lowest BCUT2D eigenvalue weighted by Gasteiger charge is -2.27. The summed E-state index contributed by atoms with van der Waals surface area (Å²) in [6.45, 7) is 27.8. The first-order chi connectivity index (χ1) is 15.0. The van der Waals surface area contributed by atoms with Gasteiger partial charge in [-0.1, -0.05) is 83.1 Å². The summed E-state index contributed by atoms with van der Waals surface area (Å²) in [7, 11) is 0. The molecule has 0 bridgehead atoms. The molecule has 0 aliphatic rings. The predicted molar refractivity (Wildman–Crippen MR) is 145 cm³/mol. The fourth-order valence-corrected chi connectivity index (χ4v) is 4.97. The summed E-state index contributed by atoms with van der Waals surface area (Å²) in [4.78, 5) is 10.0. The van der Waals surface area contributed by atoms with E-state index < -0.39 is 0 Å². The number of pyridine rings is 2. The molecule has 0 aliphatic carbocycles. The van der Waals surface area contributed by atoms with Gasteiger partial charge in [0.2, 0.25) is 0 Å². The Bertz CT molecular complexity index is 883. The van der Waals surface area contributed by atoms with Gasteiger partial charge in [-0.25, -0.2) is 0 Å². The van der Waals surface area contributed by atoms with Gasteiger partial charge in [-0.3, -0.25) is 9.97 Å². The van der Waals surface area contributed by atoms with E-state index in [4.69, 9.17) is 9.97 Å². The second-order valence-corrected chi connectivity index (χ2v) is 14.1. The summed E-state index contributed by atoms with van der Waals surface area (Å²) in [5.74, 6) is 1.15. The Hall–Kier alpha value is -1.70. The minimum atomic E-state index is 0.187. The Morgan fingerprint density at radius 2 is 1.21 bits per heavy atom. The molecule has 184 valence electrons. The van der Waals surface area contributed by atoms with Crippen molar-refractivity contribution in [2.45, 2.75) is 115 Å². The highest BCUT2D eigenvalue weighted by Crippen LogP contribution is 2.37. The predicted octanol–water partition coefficient (Wildman–Crippen LogP) is 9.06. The standard InChI is InChI=1S/C31H50N2/c1-13-26(21(2)3)22-14-25(18-31(10,11)12)33-27(15-22)28-23(16-29(4,5)6)19-32-20-24(28)17-30(7,8)9/h14-15,19-21,26H,13,16-18H2,1-12H3. The van der Waals surface area contributed by atoms with E-state index in [1.54, 1.807) is 0 Å². The van der Waals surface area contributed by atoms with Crippen LogP contribution in [0.3, 0.4) is 0 Å². The van der Waals surface area contributed by atoms with Gasteiger partial charge in [-0.2, -0.15) is 0 Å². The third kappa shape index (κ3) is 8.54. The molecule has 0 N–H and O–H groups in total. The molecule has 0 aromatic carbocycles. The maximum atomic E-state index is 5.32. The smallest absolute Gasteiger partial charge is 0.0714 e. The fourth-order valence-electron chi connectivity index (χ4n) is 4.97. The summed E-state index contributed by atoms with van der Waals surface area (Å²) in [5.41, 5.74) is 8.35. The third-order valence-electron chi connectivity index (χ3n) is 6.09. The molecule has 1 unspecified atom stereocenters. The monoisotopic (exact) mass is 450 g/mol. The molecule has 1 atom stereocenters. The summed E-state index contributed by atoms with van der Waals surface area (Å²) < 4.78 is 0. The van der Waals surface area contributed by atoms with Crippen LogP contribution in [-0.2, 0) is 19.3 Å². The molecule has 0 amide bonds. The van der Waals surface area contributed by atoms with E-state index in [0.717, 1.165) is 31.4 Å². The molecule has 2 rings (SSSR count). The normalized spacial score (nSPS) is 14.1. The summed E-state index contributed by atoms with van der Waals surface area (Å²) in [5, 5.41) is 0. The SMILES string of the molecule is CCC(c1cc(CC(C)(C)C)nc(-c2c(CC(C)(C)C)cncc2CC(C)(C)C)c1)C(C)C. The lowest BCUT2D eigenvalue weighted by atomic mass is 9.80. The van der Waals surface area contributed by atoms with Crippen LogP contribution in [0.5, 0.6) is 0 Å². The Labute approximate surface area is 205 Å². The quantitative estimate of drug-likeness (QED) is 0.420. The molecule has 0 radical (unpaired) electrons. The van der Waals surface area contributed by atoms with Gasteiger partial charge < -0.3 is 0 Å². The topological polar surface area (TPSA) is 25.8 Å². The van der Waals surface area contributed by atoms with Crippen LogP contribution in [-0.4, -0.2) is 9.97 Å².